The van der Waals surface area contributed by atoms with Crippen molar-refractivity contribution in [1.82, 2.24) is 15.1 Å². The van der Waals surface area contributed by atoms with E-state index in [0.29, 0.717) is 22.3 Å². The van der Waals surface area contributed by atoms with E-state index in [1.165, 1.54) is 34.1 Å². The van der Waals surface area contributed by atoms with Gasteiger partial charge in [0.05, 0.1) is 0 Å². The summed E-state index contributed by atoms with van der Waals surface area (Å²) in [4.78, 5) is 39.9. The van der Waals surface area contributed by atoms with Crippen LogP contribution >= 0.6 is 12.4 Å². The standard InChI is InChI=1S/C23H28F2N2O3.C18H20F2N2O.ClH/c1-23(2,3)30-22(29)26-18(13-16-9-5-7-11-19(16)24)14-21(28)27(4)15-17-10-6-8-12-20(17)25;1-22(12-14-7-3-5-9-17(14)20)18(23)11-15(21)10-13-6-2-4-8-16(13)19;/h5-12,18H,13-15H2,1-4H3,(H,26,29);2-9,15H,10-12,21H2,1H3;1H/t18-;15-;/m11./s1. The van der Waals surface area contributed by atoms with Crippen LogP contribution in [0.5, 0.6) is 0 Å². The van der Waals surface area contributed by atoms with Gasteiger partial charge in [-0.05, 0) is 69.0 Å². The van der Waals surface area contributed by atoms with E-state index in [9.17, 15) is 31.9 Å². The van der Waals surface area contributed by atoms with Crippen LogP contribution in [-0.4, -0.2) is 59.5 Å². The van der Waals surface area contributed by atoms with Crippen LogP contribution in [0.2, 0.25) is 0 Å². The van der Waals surface area contributed by atoms with E-state index in [0.717, 1.165) is 0 Å². The van der Waals surface area contributed by atoms with Crippen molar-refractivity contribution in [2.24, 2.45) is 5.73 Å². The number of nitrogens with one attached hydrogen (secondary N) is 1. The van der Waals surface area contributed by atoms with Crippen molar-refractivity contribution in [3.05, 3.63) is 143 Å². The molecule has 0 fully saturated rings. The number of carbonyl (C=O) groups excluding carboxylic acids is 3. The third-order valence-electron chi connectivity index (χ3n) is 8.02. The van der Waals surface area contributed by atoms with Gasteiger partial charge in [-0.25, -0.2) is 22.4 Å². The van der Waals surface area contributed by atoms with Gasteiger partial charge in [0.15, 0.2) is 0 Å². The quantitative estimate of drug-likeness (QED) is 0.135. The number of nitrogens with two attached hydrogens (primary N) is 1. The molecule has 0 radical (unpaired) electrons. The minimum Gasteiger partial charge on any atom is -0.444 e. The summed E-state index contributed by atoms with van der Waals surface area (Å²) in [5.41, 5.74) is 6.94. The molecule has 8 nitrogen and oxygen atoms in total. The molecule has 4 rings (SSSR count). The number of hydrogen-bond donors (Lipinski definition) is 2. The first-order chi connectivity index (χ1) is 25.0. The number of ether oxygens (including phenoxy) is 1. The van der Waals surface area contributed by atoms with Gasteiger partial charge in [0.25, 0.3) is 0 Å². The topological polar surface area (TPSA) is 105 Å². The molecule has 3 N–H and O–H groups in total. The number of nitrogens with zero attached hydrogens (tertiary/aromatic N) is 2. The van der Waals surface area contributed by atoms with Gasteiger partial charge in [0, 0.05) is 63.2 Å². The highest BCUT2D eigenvalue weighted by Crippen LogP contribution is 2.16. The third kappa shape index (κ3) is 15.6. The Morgan fingerprint density at radius 2 is 0.981 bits per heavy atom. The molecule has 0 saturated carbocycles. The lowest BCUT2D eigenvalue weighted by atomic mass is 10.0. The number of hydrogen-bond acceptors (Lipinski definition) is 5. The Kier molecular flexibility index (Phi) is 18.2. The molecule has 0 bridgehead atoms. The van der Waals surface area contributed by atoms with E-state index >= 15 is 0 Å². The molecule has 0 aliphatic carbocycles. The summed E-state index contributed by atoms with van der Waals surface area (Å²) >= 11 is 0. The molecule has 0 aromatic heterocycles. The molecule has 0 aliphatic rings. The highest BCUT2D eigenvalue weighted by molar-refractivity contribution is 5.85. The lowest BCUT2D eigenvalue weighted by Crippen LogP contribution is -2.43. The van der Waals surface area contributed by atoms with Gasteiger partial charge in [-0.15, -0.1) is 12.4 Å². The Morgan fingerprint density at radius 3 is 1.37 bits per heavy atom. The van der Waals surface area contributed by atoms with E-state index in [2.05, 4.69) is 5.32 Å². The normalized spacial score (nSPS) is 11.9. The number of carbonyl (C=O) groups is 3. The van der Waals surface area contributed by atoms with Crippen molar-refractivity contribution in [3.63, 3.8) is 0 Å². The second-order valence-corrected chi connectivity index (χ2v) is 13.8. The Hall–Kier alpha value is -4.94. The fourth-order valence-corrected chi connectivity index (χ4v) is 5.28. The van der Waals surface area contributed by atoms with E-state index in [1.54, 1.807) is 108 Å². The maximum absolute atomic E-state index is 14.1. The lowest BCUT2D eigenvalue weighted by Gasteiger charge is -2.25. The summed E-state index contributed by atoms with van der Waals surface area (Å²) in [5.74, 6) is -1.99. The zero-order valence-corrected chi connectivity index (χ0v) is 32.0. The first-order valence-corrected chi connectivity index (χ1v) is 17.2. The molecule has 2 atom stereocenters. The van der Waals surface area contributed by atoms with E-state index < -0.39 is 35.4 Å². The molecular formula is C41H49ClF4N4O4. The van der Waals surface area contributed by atoms with Gasteiger partial charge in [-0.1, -0.05) is 72.8 Å². The molecule has 4 aromatic rings. The maximum Gasteiger partial charge on any atom is 0.407 e. The van der Waals surface area contributed by atoms with Gasteiger partial charge in [-0.3, -0.25) is 9.59 Å². The lowest BCUT2D eigenvalue weighted by molar-refractivity contribution is -0.131. The molecule has 0 spiro atoms. The predicted molar refractivity (Wildman–Crippen MR) is 204 cm³/mol. The van der Waals surface area contributed by atoms with Crippen LogP contribution in [0.1, 0.15) is 55.9 Å². The monoisotopic (exact) mass is 772 g/mol. The van der Waals surface area contributed by atoms with Crippen molar-refractivity contribution < 1.29 is 36.7 Å². The fraction of sp³-hybridized carbons (Fsp3) is 0.341. The Labute approximate surface area is 321 Å². The summed E-state index contributed by atoms with van der Waals surface area (Å²) in [5, 5.41) is 2.66. The van der Waals surface area contributed by atoms with Crippen molar-refractivity contribution in [3.8, 4) is 0 Å². The largest absolute Gasteiger partial charge is 0.444 e. The second-order valence-electron chi connectivity index (χ2n) is 13.8. The van der Waals surface area contributed by atoms with Crippen LogP contribution in [0, 0.1) is 23.3 Å². The first kappa shape index (κ1) is 45.2. The van der Waals surface area contributed by atoms with Gasteiger partial charge in [0.2, 0.25) is 11.8 Å². The molecule has 4 aromatic carbocycles. The molecule has 0 heterocycles. The number of alkyl carbamates (subject to hydrolysis) is 1. The van der Waals surface area contributed by atoms with E-state index in [1.807, 2.05) is 0 Å². The smallest absolute Gasteiger partial charge is 0.407 e. The highest BCUT2D eigenvalue weighted by Gasteiger charge is 2.24. The molecule has 292 valence electrons. The van der Waals surface area contributed by atoms with Crippen LogP contribution in [0.25, 0.3) is 0 Å². The molecule has 0 saturated heterocycles. The zero-order chi connectivity index (χ0) is 39.1. The van der Waals surface area contributed by atoms with Crippen LogP contribution in [0.15, 0.2) is 97.1 Å². The Morgan fingerprint density at radius 1 is 0.630 bits per heavy atom. The van der Waals surface area contributed by atoms with Crippen molar-refractivity contribution >= 4 is 30.3 Å². The summed E-state index contributed by atoms with van der Waals surface area (Å²) in [6.07, 6.45) is -0.289. The molecule has 3 amide bonds. The maximum atomic E-state index is 14.1. The van der Waals surface area contributed by atoms with Gasteiger partial charge < -0.3 is 25.6 Å². The van der Waals surface area contributed by atoms with Crippen LogP contribution in [0.3, 0.4) is 0 Å². The summed E-state index contributed by atoms with van der Waals surface area (Å²) in [6, 6.07) is 23.9. The van der Waals surface area contributed by atoms with Crippen LogP contribution in [-0.2, 0) is 40.3 Å². The number of amides is 3. The third-order valence-corrected chi connectivity index (χ3v) is 8.02. The predicted octanol–water partition coefficient (Wildman–Crippen LogP) is 7.75. The fourth-order valence-electron chi connectivity index (χ4n) is 5.28. The van der Waals surface area contributed by atoms with Gasteiger partial charge in [-0.2, -0.15) is 0 Å². The number of rotatable bonds is 13. The number of halogens is 5. The van der Waals surface area contributed by atoms with E-state index in [-0.39, 0.29) is 74.6 Å². The molecule has 54 heavy (non-hydrogen) atoms. The minimum absolute atomic E-state index is 0. The molecule has 0 aliphatic heterocycles. The zero-order valence-electron chi connectivity index (χ0n) is 31.2. The minimum atomic E-state index is -0.710. The molecule has 0 unspecified atom stereocenters. The second kappa shape index (κ2) is 21.7. The molecule has 13 heteroatoms. The SMILES string of the molecule is CN(Cc1ccccc1F)C(=O)C[C@@H](Cc1ccccc1F)NC(=O)OC(C)(C)C.CN(Cc1ccccc1F)C(=O)C[C@H](N)Cc1ccccc1F.Cl. The first-order valence-electron chi connectivity index (χ1n) is 17.2. The molecular weight excluding hydrogens is 724 g/mol. The highest BCUT2D eigenvalue weighted by atomic mass is 35.5. The van der Waals surface area contributed by atoms with Gasteiger partial charge in [0.1, 0.15) is 28.9 Å². The summed E-state index contributed by atoms with van der Waals surface area (Å²) in [7, 11) is 3.16. The average Bonchev–Trinajstić information content (AvgIpc) is 3.08. The van der Waals surface area contributed by atoms with Gasteiger partial charge >= 0.3 is 6.09 Å². The number of benzene rings is 4. The van der Waals surface area contributed by atoms with Crippen molar-refractivity contribution in [1.29, 1.82) is 0 Å². The Bertz CT molecular complexity index is 1820. The van der Waals surface area contributed by atoms with Crippen LogP contribution < -0.4 is 11.1 Å². The van der Waals surface area contributed by atoms with Crippen molar-refractivity contribution in [2.45, 2.75) is 77.2 Å². The van der Waals surface area contributed by atoms with E-state index in [4.69, 9.17) is 10.5 Å². The average molecular weight is 773 g/mol. The Balaban J connectivity index is 0.000000379. The summed E-state index contributed by atoms with van der Waals surface area (Å²) < 4.78 is 60.4. The van der Waals surface area contributed by atoms with Crippen LogP contribution in [0.4, 0.5) is 22.4 Å². The summed E-state index contributed by atoms with van der Waals surface area (Å²) in [6.45, 7) is 5.45. The van der Waals surface area contributed by atoms with Crippen molar-refractivity contribution in [2.75, 3.05) is 14.1 Å².